The van der Waals surface area contributed by atoms with Crippen molar-refractivity contribution < 1.29 is 14.3 Å². The van der Waals surface area contributed by atoms with Gasteiger partial charge in [0.1, 0.15) is 0 Å². The van der Waals surface area contributed by atoms with Crippen LogP contribution in [0.4, 0.5) is 9.59 Å². The lowest BCUT2D eigenvalue weighted by Gasteiger charge is -1.77. The fourth-order valence-corrected chi connectivity index (χ4v) is 0. The summed E-state index contributed by atoms with van der Waals surface area (Å²) in [5.74, 6) is 0. The number of rotatable bonds is 0. The molecule has 0 aliphatic rings. The lowest BCUT2D eigenvalue weighted by Crippen LogP contribution is -1.80. The molecule has 0 saturated carbocycles. The summed E-state index contributed by atoms with van der Waals surface area (Å²) in [7, 11) is 1.22. The van der Waals surface area contributed by atoms with Crippen molar-refractivity contribution in [2.24, 2.45) is 0 Å². The van der Waals surface area contributed by atoms with Crippen molar-refractivity contribution >= 4 is 44.9 Å². The van der Waals surface area contributed by atoms with Crippen LogP contribution in [0.5, 0.6) is 0 Å². The first-order valence-corrected chi connectivity index (χ1v) is 2.72. The molecule has 0 N–H and O–H groups in total. The van der Waals surface area contributed by atoms with Crippen LogP contribution in [0.2, 0.25) is 0 Å². The van der Waals surface area contributed by atoms with Crippen molar-refractivity contribution in [1.82, 2.24) is 0 Å². The fourth-order valence-electron chi connectivity index (χ4n) is 0. The van der Waals surface area contributed by atoms with Crippen LogP contribution in [0.25, 0.3) is 0 Å². The number of methoxy groups -OCH3 is 1. The molecule has 0 aromatic heterocycles. The third-order valence-corrected chi connectivity index (χ3v) is 0.315. The third-order valence-electron chi connectivity index (χ3n) is 0.160. The summed E-state index contributed by atoms with van der Waals surface area (Å²) in [6, 6.07) is 0. The van der Waals surface area contributed by atoms with Crippen LogP contribution < -0.4 is 0 Å². The molecule has 0 rings (SSSR count). The maximum Gasteiger partial charge on any atom is 0.403 e. The van der Waals surface area contributed by atoms with E-state index in [9.17, 15) is 4.79 Å². The Balaban J connectivity index is 0. The standard InChI is InChI=1S/C2H3ClO2.CCl2O/c1-5-2(3)4;2-1(3)4/h1H3;. The number of halogens is 3. The van der Waals surface area contributed by atoms with Crippen LogP contribution >= 0.6 is 34.8 Å². The topological polar surface area (TPSA) is 43.4 Å². The van der Waals surface area contributed by atoms with Gasteiger partial charge in [0.05, 0.1) is 7.11 Å². The van der Waals surface area contributed by atoms with Gasteiger partial charge in [-0.1, -0.05) is 0 Å². The average Bonchev–Trinajstić information content (AvgIpc) is 1.65. The van der Waals surface area contributed by atoms with Gasteiger partial charge in [-0.25, -0.2) is 4.79 Å². The summed E-state index contributed by atoms with van der Waals surface area (Å²) in [5.41, 5.74) is -0.773. The van der Waals surface area contributed by atoms with Gasteiger partial charge in [0.2, 0.25) is 0 Å². The minimum atomic E-state index is -0.889. The van der Waals surface area contributed by atoms with Crippen molar-refractivity contribution in [1.29, 1.82) is 0 Å². The van der Waals surface area contributed by atoms with Crippen LogP contribution in [0.15, 0.2) is 0 Å². The zero-order valence-electron chi connectivity index (χ0n) is 4.36. The van der Waals surface area contributed by atoms with E-state index in [1.807, 2.05) is 0 Å². The van der Waals surface area contributed by atoms with Gasteiger partial charge in [0, 0.05) is 11.6 Å². The highest BCUT2D eigenvalue weighted by atomic mass is 35.5. The molecule has 0 unspecified atom stereocenters. The molecule has 0 bridgehead atoms. The Bertz CT molecular complexity index is 98.5. The molecular weight excluding hydrogens is 190 g/mol. The molecule has 0 heterocycles. The summed E-state index contributed by atoms with van der Waals surface area (Å²) >= 11 is 13.4. The van der Waals surface area contributed by atoms with Crippen molar-refractivity contribution in [3.8, 4) is 0 Å². The number of carbonyl (C=O) groups is 2. The van der Waals surface area contributed by atoms with E-state index < -0.39 is 10.1 Å². The molecule has 0 atom stereocenters. The van der Waals surface area contributed by atoms with E-state index in [1.54, 1.807) is 0 Å². The molecule has 0 aromatic rings. The highest BCUT2D eigenvalue weighted by molar-refractivity contribution is 6.93. The zero-order valence-corrected chi connectivity index (χ0v) is 6.63. The third kappa shape index (κ3) is 71.6. The van der Waals surface area contributed by atoms with E-state index in [0.717, 1.165) is 0 Å². The molecule has 0 aromatic carbocycles. The highest BCUT2D eigenvalue weighted by Crippen LogP contribution is 1.84. The molecule has 0 radical (unpaired) electrons. The highest BCUT2D eigenvalue weighted by Gasteiger charge is 1.80. The zero-order chi connectivity index (χ0) is 7.86. The predicted molar refractivity (Wildman–Crippen MR) is 35.4 cm³/mol. The van der Waals surface area contributed by atoms with Gasteiger partial charge in [-0.2, -0.15) is 0 Å². The smallest absolute Gasteiger partial charge is 0.403 e. The number of ether oxygens (including phenoxy) is 1. The molecule has 0 amide bonds. The Kier molecular flexibility index (Phi) is 10.5. The normalized spacial score (nSPS) is 6.67. The Labute approximate surface area is 66.8 Å². The molecular formula is C3H3Cl3O3. The van der Waals surface area contributed by atoms with Crippen molar-refractivity contribution in [2.75, 3.05) is 7.11 Å². The summed E-state index contributed by atoms with van der Waals surface area (Å²) < 4.78 is 2.99. The number of hydrogen-bond donors (Lipinski definition) is 0. The lowest BCUT2D eigenvalue weighted by molar-refractivity contribution is 0.198. The molecule has 54 valence electrons. The maximum atomic E-state index is 9.36. The Morgan fingerprint density at radius 3 is 1.33 bits per heavy atom. The molecule has 9 heavy (non-hydrogen) atoms. The molecule has 3 nitrogen and oxygen atoms in total. The Morgan fingerprint density at radius 1 is 1.22 bits per heavy atom. The fraction of sp³-hybridized carbons (Fsp3) is 0.333. The van der Waals surface area contributed by atoms with Gasteiger partial charge >= 0.3 is 10.1 Å². The van der Waals surface area contributed by atoms with Gasteiger partial charge in [0.15, 0.2) is 0 Å². The molecule has 0 aliphatic carbocycles. The Hall–Kier alpha value is 0.01000. The van der Waals surface area contributed by atoms with Crippen LogP contribution in [-0.4, -0.2) is 17.2 Å². The predicted octanol–water partition coefficient (Wildman–Crippen LogP) is 2.58. The largest absolute Gasteiger partial charge is 0.457 e. The summed E-state index contributed by atoms with van der Waals surface area (Å²) in [6.45, 7) is 0. The SMILES string of the molecule is COC(=O)Cl.O=C(Cl)Cl. The van der Waals surface area contributed by atoms with E-state index in [0.29, 0.717) is 0 Å². The van der Waals surface area contributed by atoms with E-state index in [2.05, 4.69) is 39.5 Å². The van der Waals surface area contributed by atoms with Crippen LogP contribution in [0, 0.1) is 0 Å². The number of carbonyl (C=O) groups excluding carboxylic acids is 2. The molecule has 0 spiro atoms. The van der Waals surface area contributed by atoms with Gasteiger partial charge in [0.25, 0.3) is 0 Å². The molecule has 0 fully saturated rings. The van der Waals surface area contributed by atoms with E-state index in [-0.39, 0.29) is 0 Å². The summed E-state index contributed by atoms with van der Waals surface area (Å²) in [5, 5.41) is 0. The van der Waals surface area contributed by atoms with Gasteiger partial charge in [-0.05, 0) is 23.2 Å². The summed E-state index contributed by atoms with van der Waals surface area (Å²) in [4.78, 5) is 18.3. The van der Waals surface area contributed by atoms with Crippen LogP contribution in [0.3, 0.4) is 0 Å². The first kappa shape index (κ1) is 11.8. The van der Waals surface area contributed by atoms with Crippen molar-refractivity contribution in [2.45, 2.75) is 0 Å². The molecule has 0 saturated heterocycles. The minimum Gasteiger partial charge on any atom is -0.457 e. The first-order valence-electron chi connectivity index (χ1n) is 1.59. The van der Waals surface area contributed by atoms with E-state index >= 15 is 0 Å². The van der Waals surface area contributed by atoms with Crippen molar-refractivity contribution in [3.05, 3.63) is 0 Å². The lowest BCUT2D eigenvalue weighted by atomic mass is 11.5. The van der Waals surface area contributed by atoms with E-state index in [1.165, 1.54) is 7.11 Å². The maximum absolute atomic E-state index is 9.36. The van der Waals surface area contributed by atoms with Gasteiger partial charge < -0.3 is 4.74 Å². The van der Waals surface area contributed by atoms with Gasteiger partial charge in [-0.15, -0.1) is 0 Å². The summed E-state index contributed by atoms with van der Waals surface area (Å²) in [6.07, 6.45) is 0. The average molecular weight is 193 g/mol. The minimum absolute atomic E-state index is 0.773. The molecule has 6 heteroatoms. The van der Waals surface area contributed by atoms with Crippen molar-refractivity contribution in [3.63, 3.8) is 0 Å². The van der Waals surface area contributed by atoms with Gasteiger partial charge in [-0.3, -0.25) is 4.79 Å². The monoisotopic (exact) mass is 192 g/mol. The quantitative estimate of drug-likeness (QED) is 0.555. The Morgan fingerprint density at radius 2 is 1.33 bits per heavy atom. The first-order chi connectivity index (χ1) is 4.00. The second-order valence-corrected chi connectivity index (χ2v) is 1.86. The van der Waals surface area contributed by atoms with Crippen LogP contribution in [0.1, 0.15) is 0 Å². The molecule has 0 aliphatic heterocycles. The second-order valence-electron chi connectivity index (χ2n) is 0.667. The second kappa shape index (κ2) is 8.01. The van der Waals surface area contributed by atoms with Crippen LogP contribution in [-0.2, 0) is 4.74 Å². The van der Waals surface area contributed by atoms with E-state index in [4.69, 9.17) is 4.79 Å². The number of hydrogen-bond acceptors (Lipinski definition) is 3.